The standard InChI is InChI=1S/C16H24F3N3O/c1-12(22-7-8-23-11-13(22)2)10-21-15(16(17,18)19)9-14-3-5-20-6-4-14/h3-6,12-13,15,21H,7-11H2,1-2H3. The lowest BCUT2D eigenvalue weighted by atomic mass is 10.1. The van der Waals surface area contributed by atoms with Gasteiger partial charge < -0.3 is 10.1 Å². The molecule has 4 nitrogen and oxygen atoms in total. The van der Waals surface area contributed by atoms with Gasteiger partial charge in [-0.15, -0.1) is 0 Å². The third-order valence-electron chi connectivity index (χ3n) is 4.23. The van der Waals surface area contributed by atoms with Crippen molar-refractivity contribution in [3.05, 3.63) is 30.1 Å². The van der Waals surface area contributed by atoms with Gasteiger partial charge in [-0.2, -0.15) is 13.2 Å². The molecule has 0 aliphatic carbocycles. The van der Waals surface area contributed by atoms with Crippen LogP contribution in [0.1, 0.15) is 19.4 Å². The molecule has 130 valence electrons. The number of alkyl halides is 3. The lowest BCUT2D eigenvalue weighted by Crippen LogP contribution is -2.54. The third-order valence-corrected chi connectivity index (χ3v) is 4.23. The van der Waals surface area contributed by atoms with Gasteiger partial charge in [0.05, 0.1) is 13.2 Å². The molecule has 3 unspecified atom stereocenters. The van der Waals surface area contributed by atoms with Gasteiger partial charge in [-0.25, -0.2) is 0 Å². The summed E-state index contributed by atoms with van der Waals surface area (Å²) in [5.74, 6) is 0. The van der Waals surface area contributed by atoms with Crippen LogP contribution < -0.4 is 5.32 Å². The van der Waals surface area contributed by atoms with E-state index in [0.29, 0.717) is 25.3 Å². The van der Waals surface area contributed by atoms with Crippen molar-refractivity contribution in [3.63, 3.8) is 0 Å². The molecule has 0 saturated carbocycles. The van der Waals surface area contributed by atoms with Crippen LogP contribution in [0.15, 0.2) is 24.5 Å². The summed E-state index contributed by atoms with van der Waals surface area (Å²) in [6.07, 6.45) is -1.33. The summed E-state index contributed by atoms with van der Waals surface area (Å²) in [5.41, 5.74) is 0.627. The number of halogens is 3. The molecule has 1 aromatic rings. The van der Waals surface area contributed by atoms with Crippen LogP contribution in [0.3, 0.4) is 0 Å². The van der Waals surface area contributed by atoms with E-state index in [1.807, 2.05) is 13.8 Å². The van der Waals surface area contributed by atoms with Gasteiger partial charge in [0, 0.05) is 37.6 Å². The largest absolute Gasteiger partial charge is 0.404 e. The zero-order valence-electron chi connectivity index (χ0n) is 13.5. The summed E-state index contributed by atoms with van der Waals surface area (Å²) < 4.78 is 45.2. The van der Waals surface area contributed by atoms with Gasteiger partial charge >= 0.3 is 6.18 Å². The second kappa shape index (κ2) is 8.08. The summed E-state index contributed by atoms with van der Waals surface area (Å²) in [6, 6.07) is 1.94. The SMILES string of the molecule is CC(CNC(Cc1ccncc1)C(F)(F)F)N1CCOCC1C. The monoisotopic (exact) mass is 331 g/mol. The third kappa shape index (κ3) is 5.44. The van der Waals surface area contributed by atoms with Crippen molar-refractivity contribution in [3.8, 4) is 0 Å². The zero-order chi connectivity index (χ0) is 16.9. The van der Waals surface area contributed by atoms with Crippen molar-refractivity contribution in [1.29, 1.82) is 0 Å². The first kappa shape index (κ1) is 18.2. The van der Waals surface area contributed by atoms with E-state index in [-0.39, 0.29) is 18.5 Å². The Labute approximate surface area is 135 Å². The highest BCUT2D eigenvalue weighted by Crippen LogP contribution is 2.23. The normalized spacial score (nSPS) is 22.7. The van der Waals surface area contributed by atoms with Crippen LogP contribution in [0.5, 0.6) is 0 Å². The molecule has 1 N–H and O–H groups in total. The molecule has 0 amide bonds. The molecular weight excluding hydrogens is 307 g/mol. The first-order chi connectivity index (χ1) is 10.9. The number of rotatable bonds is 6. The summed E-state index contributed by atoms with van der Waals surface area (Å²) in [5, 5.41) is 2.70. The van der Waals surface area contributed by atoms with Crippen LogP contribution in [0.2, 0.25) is 0 Å². The van der Waals surface area contributed by atoms with Gasteiger partial charge in [-0.1, -0.05) is 0 Å². The van der Waals surface area contributed by atoms with E-state index in [4.69, 9.17) is 4.74 Å². The van der Waals surface area contributed by atoms with Gasteiger partial charge in [-0.3, -0.25) is 9.88 Å². The average molecular weight is 331 g/mol. The predicted octanol–water partition coefficient (Wildman–Crippen LogP) is 2.25. The molecule has 0 aromatic carbocycles. The maximum atomic E-state index is 13.3. The molecule has 0 bridgehead atoms. The number of ether oxygens (including phenoxy) is 1. The Hall–Kier alpha value is -1.18. The molecule has 3 atom stereocenters. The Morgan fingerprint density at radius 2 is 2.09 bits per heavy atom. The van der Waals surface area contributed by atoms with Gasteiger partial charge in [0.2, 0.25) is 0 Å². The molecule has 23 heavy (non-hydrogen) atoms. The number of hydrogen-bond donors (Lipinski definition) is 1. The number of pyridine rings is 1. The van der Waals surface area contributed by atoms with Crippen molar-refractivity contribution in [2.45, 2.75) is 44.6 Å². The van der Waals surface area contributed by atoms with Gasteiger partial charge in [0.25, 0.3) is 0 Å². The highest BCUT2D eigenvalue weighted by molar-refractivity contribution is 5.12. The number of aromatic nitrogens is 1. The van der Waals surface area contributed by atoms with Crippen LogP contribution in [0.25, 0.3) is 0 Å². The molecule has 7 heteroatoms. The van der Waals surface area contributed by atoms with Crippen molar-refractivity contribution < 1.29 is 17.9 Å². The summed E-state index contributed by atoms with van der Waals surface area (Å²) in [4.78, 5) is 6.03. The highest BCUT2D eigenvalue weighted by Gasteiger charge is 2.39. The fraction of sp³-hybridized carbons (Fsp3) is 0.688. The predicted molar refractivity (Wildman–Crippen MR) is 82.2 cm³/mol. The molecule has 0 spiro atoms. The topological polar surface area (TPSA) is 37.4 Å². The van der Waals surface area contributed by atoms with Crippen LogP contribution in [0, 0.1) is 0 Å². The number of hydrogen-bond acceptors (Lipinski definition) is 4. The first-order valence-corrected chi connectivity index (χ1v) is 7.90. The second-order valence-electron chi connectivity index (χ2n) is 6.07. The first-order valence-electron chi connectivity index (χ1n) is 7.90. The molecule has 1 saturated heterocycles. The number of morpholine rings is 1. The lowest BCUT2D eigenvalue weighted by molar-refractivity contribution is -0.156. The van der Waals surface area contributed by atoms with Crippen LogP contribution >= 0.6 is 0 Å². The summed E-state index contributed by atoms with van der Waals surface area (Å²) >= 11 is 0. The summed E-state index contributed by atoms with van der Waals surface area (Å²) in [7, 11) is 0. The average Bonchev–Trinajstić information content (AvgIpc) is 2.51. The molecule has 1 fully saturated rings. The minimum Gasteiger partial charge on any atom is -0.379 e. The van der Waals surface area contributed by atoms with Crippen molar-refractivity contribution in [2.75, 3.05) is 26.3 Å². The molecule has 0 radical (unpaired) electrons. The van der Waals surface area contributed by atoms with E-state index in [1.54, 1.807) is 12.1 Å². The molecule has 1 aliphatic heterocycles. The molecule has 2 heterocycles. The Balaban J connectivity index is 1.93. The molecular formula is C16H24F3N3O. The van der Waals surface area contributed by atoms with Gasteiger partial charge in [-0.05, 0) is 38.0 Å². The quantitative estimate of drug-likeness (QED) is 0.868. The van der Waals surface area contributed by atoms with Crippen molar-refractivity contribution in [2.24, 2.45) is 0 Å². The van der Waals surface area contributed by atoms with Gasteiger partial charge in [0.1, 0.15) is 6.04 Å². The van der Waals surface area contributed by atoms with Gasteiger partial charge in [0.15, 0.2) is 0 Å². The number of nitrogens with one attached hydrogen (secondary N) is 1. The maximum Gasteiger partial charge on any atom is 0.404 e. The van der Waals surface area contributed by atoms with Crippen LogP contribution in [-0.2, 0) is 11.2 Å². The Kier molecular flexibility index (Phi) is 6.38. The fourth-order valence-electron chi connectivity index (χ4n) is 2.88. The van der Waals surface area contributed by atoms with E-state index in [0.717, 1.165) is 6.54 Å². The maximum absolute atomic E-state index is 13.3. The Morgan fingerprint density at radius 1 is 1.39 bits per heavy atom. The molecule has 2 rings (SSSR count). The van der Waals surface area contributed by atoms with Crippen LogP contribution in [-0.4, -0.2) is 60.5 Å². The lowest BCUT2D eigenvalue weighted by Gasteiger charge is -2.38. The summed E-state index contributed by atoms with van der Waals surface area (Å²) in [6.45, 7) is 6.30. The Morgan fingerprint density at radius 3 is 2.70 bits per heavy atom. The van der Waals surface area contributed by atoms with Crippen LogP contribution in [0.4, 0.5) is 13.2 Å². The minimum atomic E-state index is -4.28. The molecule has 1 aliphatic rings. The van der Waals surface area contributed by atoms with E-state index in [2.05, 4.69) is 15.2 Å². The van der Waals surface area contributed by atoms with E-state index in [1.165, 1.54) is 12.4 Å². The fourth-order valence-corrected chi connectivity index (χ4v) is 2.88. The number of nitrogens with zero attached hydrogens (tertiary/aromatic N) is 2. The smallest absolute Gasteiger partial charge is 0.379 e. The second-order valence-corrected chi connectivity index (χ2v) is 6.07. The van der Waals surface area contributed by atoms with E-state index >= 15 is 0 Å². The highest BCUT2D eigenvalue weighted by atomic mass is 19.4. The van der Waals surface area contributed by atoms with Crippen molar-refractivity contribution >= 4 is 0 Å². The molecule has 1 aromatic heterocycles. The zero-order valence-corrected chi connectivity index (χ0v) is 13.5. The van der Waals surface area contributed by atoms with E-state index in [9.17, 15) is 13.2 Å². The Bertz CT molecular complexity index is 469. The van der Waals surface area contributed by atoms with E-state index < -0.39 is 12.2 Å². The minimum absolute atomic E-state index is 0.0243. The van der Waals surface area contributed by atoms with Crippen molar-refractivity contribution in [1.82, 2.24) is 15.2 Å².